The van der Waals surface area contributed by atoms with Crippen LogP contribution in [-0.4, -0.2) is 61.1 Å². The number of hydrogen-bond acceptors (Lipinski definition) is 6. The van der Waals surface area contributed by atoms with E-state index in [9.17, 15) is 22.8 Å². The van der Waals surface area contributed by atoms with Crippen LogP contribution >= 0.6 is 0 Å². The molecule has 1 unspecified atom stereocenters. The van der Waals surface area contributed by atoms with Crippen LogP contribution in [0, 0.1) is 16.7 Å². The zero-order valence-electron chi connectivity index (χ0n) is 23.5. The van der Waals surface area contributed by atoms with Crippen LogP contribution in [0.2, 0.25) is 0 Å². The average molecular weight is 567 g/mol. The number of benzene rings is 2. The fraction of sp³-hybridized carbons (Fsp3) is 0.500. The van der Waals surface area contributed by atoms with Crippen molar-refractivity contribution in [3.05, 3.63) is 60.2 Å². The topological polar surface area (TPSA) is 121 Å². The Labute approximate surface area is 236 Å². The van der Waals surface area contributed by atoms with Crippen LogP contribution in [0.1, 0.15) is 52.5 Å². The van der Waals surface area contributed by atoms with Crippen LogP contribution in [0.25, 0.3) is 0 Å². The number of nitrogens with zero attached hydrogens (tertiary/aromatic N) is 3. The summed E-state index contributed by atoms with van der Waals surface area (Å²) in [4.78, 5) is 46.3. The molecular weight excluding hydrogens is 528 g/mol. The Morgan fingerprint density at radius 1 is 0.950 bits per heavy atom. The van der Waals surface area contributed by atoms with Gasteiger partial charge in [-0.1, -0.05) is 58.0 Å². The van der Waals surface area contributed by atoms with Gasteiger partial charge < -0.3 is 4.90 Å². The molecule has 2 heterocycles. The largest absolute Gasteiger partial charge is 0.327 e. The minimum absolute atomic E-state index is 0.0610. The minimum Gasteiger partial charge on any atom is -0.327 e. The molecule has 2 aromatic rings. The van der Waals surface area contributed by atoms with E-state index in [4.69, 9.17) is 5.14 Å². The Morgan fingerprint density at radius 3 is 2.05 bits per heavy atom. The number of likely N-dealkylation sites (tertiary alicyclic amines) is 1. The third-order valence-corrected chi connectivity index (χ3v) is 10.5. The van der Waals surface area contributed by atoms with Gasteiger partial charge in [0.05, 0.1) is 17.0 Å². The Kier molecular flexibility index (Phi) is 7.17. The van der Waals surface area contributed by atoms with Crippen LogP contribution in [-0.2, 0) is 31.0 Å². The molecule has 40 heavy (non-hydrogen) atoms. The van der Waals surface area contributed by atoms with Crippen LogP contribution in [0.5, 0.6) is 0 Å². The van der Waals surface area contributed by atoms with Gasteiger partial charge in [0.1, 0.15) is 6.04 Å². The highest BCUT2D eigenvalue weighted by Gasteiger charge is 2.69. The third kappa shape index (κ3) is 4.97. The number of hydrogen-bond donors (Lipinski definition) is 1. The van der Waals surface area contributed by atoms with Gasteiger partial charge in [0, 0.05) is 31.6 Å². The number of primary sulfonamides is 1. The predicted octanol–water partition coefficient (Wildman–Crippen LogP) is 3.14. The maximum absolute atomic E-state index is 14.2. The molecule has 2 saturated heterocycles. The predicted molar refractivity (Wildman–Crippen MR) is 151 cm³/mol. The second-order valence-corrected chi connectivity index (χ2v) is 14.0. The molecule has 2 aromatic carbocycles. The van der Waals surface area contributed by atoms with Crippen molar-refractivity contribution >= 4 is 33.4 Å². The van der Waals surface area contributed by atoms with E-state index in [1.165, 1.54) is 29.8 Å². The number of piperidine rings is 1. The van der Waals surface area contributed by atoms with E-state index in [0.29, 0.717) is 12.8 Å². The van der Waals surface area contributed by atoms with Gasteiger partial charge in [-0.05, 0) is 53.5 Å². The summed E-state index contributed by atoms with van der Waals surface area (Å²) in [6.07, 6.45) is 1.33. The lowest BCUT2D eigenvalue weighted by molar-refractivity contribution is -0.144. The zero-order valence-corrected chi connectivity index (χ0v) is 24.4. The molecule has 9 nitrogen and oxygen atoms in total. The Bertz CT molecular complexity index is 1400. The molecule has 3 aliphatic rings. The lowest BCUT2D eigenvalue weighted by Gasteiger charge is -2.41. The van der Waals surface area contributed by atoms with Gasteiger partial charge in [-0.25, -0.2) is 18.5 Å². The van der Waals surface area contributed by atoms with Gasteiger partial charge in [0.2, 0.25) is 21.8 Å². The van der Waals surface area contributed by atoms with Crippen LogP contribution < -0.4 is 10.0 Å². The van der Waals surface area contributed by atoms with Crippen molar-refractivity contribution in [2.24, 2.45) is 21.9 Å². The van der Waals surface area contributed by atoms with E-state index in [1.807, 2.05) is 18.2 Å². The van der Waals surface area contributed by atoms with E-state index in [2.05, 4.69) is 44.7 Å². The van der Waals surface area contributed by atoms with Crippen molar-refractivity contribution < 1.29 is 22.8 Å². The molecule has 1 aliphatic carbocycles. The fourth-order valence-electron chi connectivity index (χ4n) is 6.64. The standard InChI is InChI=1S/C30H38N4O5S/c1-29(2)26(30(29,3)4)28(37)33(22-14-16-32(17-15-22)19-20-8-6-5-7-9-20)24-18-25(35)34(27(24)36)21-10-12-23(13-11-21)40(31,38)39/h5-13,22,24,26H,14-19H2,1-4H3,(H2,31,38,39). The van der Waals surface area contributed by atoms with Crippen LogP contribution in [0.4, 0.5) is 5.69 Å². The molecule has 2 aliphatic heterocycles. The van der Waals surface area contributed by atoms with Crippen molar-refractivity contribution in [1.82, 2.24) is 9.80 Å². The van der Waals surface area contributed by atoms with E-state index >= 15 is 0 Å². The number of sulfonamides is 1. The quantitative estimate of drug-likeness (QED) is 0.514. The second-order valence-electron chi connectivity index (χ2n) is 12.4. The summed E-state index contributed by atoms with van der Waals surface area (Å²) >= 11 is 0. The molecule has 0 radical (unpaired) electrons. The summed E-state index contributed by atoms with van der Waals surface area (Å²) in [5, 5.41) is 5.20. The lowest BCUT2D eigenvalue weighted by atomic mass is 9.97. The Balaban J connectivity index is 1.39. The summed E-state index contributed by atoms with van der Waals surface area (Å²) in [5.41, 5.74) is 1.06. The number of imide groups is 1. The first-order chi connectivity index (χ1) is 18.7. The smallest absolute Gasteiger partial charge is 0.257 e. The number of rotatable bonds is 7. The van der Waals surface area contributed by atoms with Gasteiger partial charge in [-0.15, -0.1) is 0 Å². The van der Waals surface area contributed by atoms with E-state index in [0.717, 1.165) is 24.5 Å². The number of carbonyl (C=O) groups is 3. The fourth-order valence-corrected chi connectivity index (χ4v) is 7.15. The number of carbonyl (C=O) groups excluding carboxylic acids is 3. The first kappa shape index (κ1) is 28.4. The summed E-state index contributed by atoms with van der Waals surface area (Å²) in [6, 6.07) is 14.6. The summed E-state index contributed by atoms with van der Waals surface area (Å²) in [6.45, 7) is 10.7. The normalized spacial score (nSPS) is 23.4. The highest BCUT2D eigenvalue weighted by atomic mass is 32.2. The molecule has 0 aromatic heterocycles. The minimum atomic E-state index is -3.91. The molecule has 1 atom stereocenters. The highest BCUT2D eigenvalue weighted by Crippen LogP contribution is 2.69. The molecule has 3 fully saturated rings. The average Bonchev–Trinajstić information content (AvgIpc) is 3.13. The monoisotopic (exact) mass is 566 g/mol. The van der Waals surface area contributed by atoms with Crippen LogP contribution in [0.15, 0.2) is 59.5 Å². The molecule has 214 valence electrons. The Hall–Kier alpha value is -3.08. The summed E-state index contributed by atoms with van der Waals surface area (Å²) in [5.74, 6) is -1.17. The molecule has 5 rings (SSSR count). The number of nitrogens with two attached hydrogens (primary N) is 1. The van der Waals surface area contributed by atoms with Gasteiger partial charge in [-0.3, -0.25) is 19.3 Å². The maximum Gasteiger partial charge on any atom is 0.257 e. The van der Waals surface area contributed by atoms with Gasteiger partial charge in [-0.2, -0.15) is 0 Å². The maximum atomic E-state index is 14.2. The van der Waals surface area contributed by atoms with Gasteiger partial charge >= 0.3 is 0 Å². The molecule has 3 amide bonds. The van der Waals surface area contributed by atoms with Crippen molar-refractivity contribution in [1.29, 1.82) is 0 Å². The first-order valence-electron chi connectivity index (χ1n) is 13.8. The zero-order chi connectivity index (χ0) is 29.0. The summed E-state index contributed by atoms with van der Waals surface area (Å²) < 4.78 is 23.3. The van der Waals surface area contributed by atoms with Crippen molar-refractivity contribution in [2.45, 2.75) is 70.5 Å². The molecule has 1 saturated carbocycles. The Morgan fingerprint density at radius 2 is 1.52 bits per heavy atom. The second kappa shape index (κ2) is 10.1. The molecule has 0 bridgehead atoms. The van der Waals surface area contributed by atoms with Gasteiger partial charge in [0.15, 0.2) is 0 Å². The van der Waals surface area contributed by atoms with Crippen molar-refractivity contribution in [3.63, 3.8) is 0 Å². The first-order valence-corrected chi connectivity index (χ1v) is 15.4. The molecule has 0 spiro atoms. The van der Waals surface area contributed by atoms with Crippen molar-refractivity contribution in [2.75, 3.05) is 18.0 Å². The molecular formula is C30H38N4O5S. The van der Waals surface area contributed by atoms with Crippen molar-refractivity contribution in [3.8, 4) is 0 Å². The number of anilines is 1. The molecule has 2 N–H and O–H groups in total. The van der Waals surface area contributed by atoms with Crippen LogP contribution in [0.3, 0.4) is 0 Å². The SMILES string of the molecule is CC1(C)C(C(=O)N(C2CCN(Cc3ccccc3)CC2)C2CC(=O)N(c3ccc(S(N)(=O)=O)cc3)C2=O)C1(C)C. The molecule has 10 heteroatoms. The summed E-state index contributed by atoms with van der Waals surface area (Å²) in [7, 11) is -3.91. The van der Waals surface area contributed by atoms with Gasteiger partial charge in [0.25, 0.3) is 5.91 Å². The number of amides is 3. The highest BCUT2D eigenvalue weighted by molar-refractivity contribution is 7.89. The van der Waals surface area contributed by atoms with E-state index in [1.54, 1.807) is 4.90 Å². The third-order valence-electron chi connectivity index (χ3n) is 9.60. The van der Waals surface area contributed by atoms with E-state index < -0.39 is 27.9 Å². The van der Waals surface area contributed by atoms with E-state index in [-0.39, 0.29) is 45.7 Å². The lowest BCUT2D eigenvalue weighted by Crippen LogP contribution is -2.55.